The average molecular weight is 447 g/mol. The van der Waals surface area contributed by atoms with Gasteiger partial charge in [0.05, 0.1) is 19.9 Å². The van der Waals surface area contributed by atoms with Crippen LogP contribution in [0.5, 0.6) is 11.5 Å². The molecule has 0 spiro atoms. The van der Waals surface area contributed by atoms with E-state index in [0.29, 0.717) is 0 Å². The quantitative estimate of drug-likeness (QED) is 0.573. The first-order valence-electron chi connectivity index (χ1n) is 11.4. The van der Waals surface area contributed by atoms with E-state index >= 15 is 0 Å². The fourth-order valence-electron chi connectivity index (χ4n) is 4.56. The van der Waals surface area contributed by atoms with Crippen molar-refractivity contribution in [3.8, 4) is 11.5 Å². The first-order chi connectivity index (χ1) is 16.2. The summed E-state index contributed by atoms with van der Waals surface area (Å²) in [6, 6.07) is 12.2. The molecule has 3 aromatic rings. The first kappa shape index (κ1) is 21.5. The Morgan fingerprint density at radius 2 is 1.70 bits per heavy atom. The highest BCUT2D eigenvalue weighted by Gasteiger charge is 2.23. The second-order valence-electron chi connectivity index (χ2n) is 8.45. The molecule has 0 atom stereocenters. The Kier molecular flexibility index (Phi) is 6.26. The molecule has 0 bridgehead atoms. The molecule has 4 heterocycles. The second-order valence-corrected chi connectivity index (χ2v) is 8.45. The molecule has 172 valence electrons. The van der Waals surface area contributed by atoms with Crippen molar-refractivity contribution in [3.63, 3.8) is 0 Å². The van der Waals surface area contributed by atoms with Gasteiger partial charge in [-0.15, -0.1) is 0 Å². The van der Waals surface area contributed by atoms with Crippen LogP contribution in [0.15, 0.2) is 48.8 Å². The molecule has 0 aliphatic carbocycles. The van der Waals surface area contributed by atoms with E-state index < -0.39 is 0 Å². The van der Waals surface area contributed by atoms with Crippen LogP contribution in [0.25, 0.3) is 0 Å². The Morgan fingerprint density at radius 3 is 2.45 bits per heavy atom. The van der Waals surface area contributed by atoms with Crippen LogP contribution in [0.4, 0.5) is 11.8 Å². The van der Waals surface area contributed by atoms with Gasteiger partial charge in [-0.05, 0) is 29.8 Å². The molecular formula is C25H30N6O2. The molecule has 0 amide bonds. The molecule has 0 radical (unpaired) electrons. The molecule has 2 aliphatic rings. The number of rotatable bonds is 6. The zero-order chi connectivity index (χ0) is 22.6. The number of benzene rings is 1. The van der Waals surface area contributed by atoms with E-state index in [1.807, 2.05) is 30.6 Å². The predicted octanol–water partition coefficient (Wildman–Crippen LogP) is 2.77. The summed E-state index contributed by atoms with van der Waals surface area (Å²) >= 11 is 0. The van der Waals surface area contributed by atoms with Gasteiger partial charge < -0.3 is 19.3 Å². The van der Waals surface area contributed by atoms with E-state index in [1.54, 1.807) is 14.2 Å². The Hall–Kier alpha value is -3.39. The number of nitrogens with zero attached hydrogens (tertiary/aromatic N) is 6. The van der Waals surface area contributed by atoms with Crippen molar-refractivity contribution >= 4 is 11.8 Å². The Labute approximate surface area is 194 Å². The van der Waals surface area contributed by atoms with E-state index in [4.69, 9.17) is 19.4 Å². The van der Waals surface area contributed by atoms with Crippen molar-refractivity contribution in [1.29, 1.82) is 0 Å². The summed E-state index contributed by atoms with van der Waals surface area (Å²) in [4.78, 5) is 21.2. The standard InChI is InChI=1S/C25H30N6O2/c1-32-22-7-6-19(15-23(22)33-2)17-29-10-8-21-20(18-29)16-27-25(28-21)31-13-11-30(12-14-31)24-5-3-4-9-26-24/h3-7,9,15-16H,8,10-14,17-18H2,1-2H3. The maximum Gasteiger partial charge on any atom is 0.225 e. The minimum atomic E-state index is 0.757. The minimum absolute atomic E-state index is 0.757. The van der Waals surface area contributed by atoms with Gasteiger partial charge in [-0.3, -0.25) is 4.90 Å². The number of fused-ring (bicyclic) bond motifs is 1. The number of hydrogen-bond donors (Lipinski definition) is 0. The SMILES string of the molecule is COc1ccc(CN2CCc3nc(N4CCN(c5ccccn5)CC4)ncc3C2)cc1OC. The summed E-state index contributed by atoms with van der Waals surface area (Å²) in [5, 5.41) is 0. The van der Waals surface area contributed by atoms with Crippen molar-refractivity contribution in [2.24, 2.45) is 0 Å². The molecule has 8 heteroatoms. The van der Waals surface area contributed by atoms with E-state index in [1.165, 1.54) is 16.8 Å². The highest BCUT2D eigenvalue weighted by atomic mass is 16.5. The summed E-state index contributed by atoms with van der Waals surface area (Å²) < 4.78 is 10.8. The molecule has 2 aliphatic heterocycles. The van der Waals surface area contributed by atoms with E-state index in [0.717, 1.165) is 75.5 Å². The molecule has 5 rings (SSSR count). The summed E-state index contributed by atoms with van der Waals surface area (Å²) in [6.07, 6.45) is 4.80. The predicted molar refractivity (Wildman–Crippen MR) is 128 cm³/mol. The van der Waals surface area contributed by atoms with Crippen LogP contribution in [-0.4, -0.2) is 66.8 Å². The molecule has 0 N–H and O–H groups in total. The van der Waals surface area contributed by atoms with Gasteiger partial charge in [0.2, 0.25) is 5.95 Å². The largest absolute Gasteiger partial charge is 0.493 e. The molecule has 1 fully saturated rings. The lowest BCUT2D eigenvalue weighted by Crippen LogP contribution is -2.47. The zero-order valence-corrected chi connectivity index (χ0v) is 19.3. The topological polar surface area (TPSA) is 66.9 Å². The van der Waals surface area contributed by atoms with Gasteiger partial charge in [-0.2, -0.15) is 0 Å². The van der Waals surface area contributed by atoms with Crippen LogP contribution in [0.1, 0.15) is 16.8 Å². The third-order valence-electron chi connectivity index (χ3n) is 6.39. The van der Waals surface area contributed by atoms with Gasteiger partial charge >= 0.3 is 0 Å². The van der Waals surface area contributed by atoms with Crippen LogP contribution < -0.4 is 19.3 Å². The van der Waals surface area contributed by atoms with Crippen molar-refractivity contribution in [2.45, 2.75) is 19.5 Å². The van der Waals surface area contributed by atoms with E-state index in [9.17, 15) is 0 Å². The highest BCUT2D eigenvalue weighted by Crippen LogP contribution is 2.29. The molecule has 2 aromatic heterocycles. The normalized spacial score (nSPS) is 16.4. The Bertz CT molecular complexity index is 1090. The van der Waals surface area contributed by atoms with Gasteiger partial charge in [-0.1, -0.05) is 12.1 Å². The van der Waals surface area contributed by atoms with Crippen LogP contribution >= 0.6 is 0 Å². The maximum atomic E-state index is 5.45. The first-order valence-corrected chi connectivity index (χ1v) is 11.4. The lowest BCUT2D eigenvalue weighted by Gasteiger charge is -2.36. The number of aromatic nitrogens is 3. The lowest BCUT2D eigenvalue weighted by atomic mass is 10.1. The molecular weight excluding hydrogens is 416 g/mol. The fourth-order valence-corrected chi connectivity index (χ4v) is 4.56. The second kappa shape index (κ2) is 9.62. The zero-order valence-electron chi connectivity index (χ0n) is 19.3. The van der Waals surface area contributed by atoms with Gasteiger partial charge in [0.1, 0.15) is 5.82 Å². The van der Waals surface area contributed by atoms with Crippen molar-refractivity contribution in [1.82, 2.24) is 19.9 Å². The monoisotopic (exact) mass is 446 g/mol. The maximum absolute atomic E-state index is 5.45. The Morgan fingerprint density at radius 1 is 0.879 bits per heavy atom. The van der Waals surface area contributed by atoms with Crippen LogP contribution in [0.2, 0.25) is 0 Å². The number of pyridine rings is 1. The van der Waals surface area contributed by atoms with Gasteiger partial charge in [0.25, 0.3) is 0 Å². The van der Waals surface area contributed by atoms with Gasteiger partial charge in [-0.25, -0.2) is 15.0 Å². The third kappa shape index (κ3) is 4.71. The number of anilines is 2. The third-order valence-corrected chi connectivity index (χ3v) is 6.39. The van der Waals surface area contributed by atoms with Crippen molar-refractivity contribution in [3.05, 3.63) is 65.6 Å². The highest BCUT2D eigenvalue weighted by molar-refractivity contribution is 5.44. The van der Waals surface area contributed by atoms with E-state index in [-0.39, 0.29) is 0 Å². The number of hydrogen-bond acceptors (Lipinski definition) is 8. The summed E-state index contributed by atoms with van der Waals surface area (Å²) in [5.74, 6) is 3.41. The molecule has 1 aromatic carbocycles. The molecule has 8 nitrogen and oxygen atoms in total. The molecule has 0 unspecified atom stereocenters. The summed E-state index contributed by atoms with van der Waals surface area (Å²) in [7, 11) is 3.33. The van der Waals surface area contributed by atoms with Crippen molar-refractivity contribution in [2.75, 3.05) is 56.7 Å². The van der Waals surface area contributed by atoms with E-state index in [2.05, 4.69) is 37.9 Å². The summed E-state index contributed by atoms with van der Waals surface area (Å²) in [5.41, 5.74) is 3.60. The molecule has 33 heavy (non-hydrogen) atoms. The van der Waals surface area contributed by atoms with Gasteiger partial charge in [0.15, 0.2) is 11.5 Å². The molecule has 0 saturated carbocycles. The van der Waals surface area contributed by atoms with Crippen LogP contribution in [-0.2, 0) is 19.5 Å². The average Bonchev–Trinajstić information content (AvgIpc) is 2.89. The Balaban J connectivity index is 1.21. The molecule has 1 saturated heterocycles. The summed E-state index contributed by atoms with van der Waals surface area (Å²) in [6.45, 7) is 6.36. The fraction of sp³-hybridized carbons (Fsp3) is 0.400. The van der Waals surface area contributed by atoms with Crippen molar-refractivity contribution < 1.29 is 9.47 Å². The van der Waals surface area contributed by atoms with Crippen LogP contribution in [0, 0.1) is 0 Å². The van der Waals surface area contributed by atoms with Crippen LogP contribution in [0.3, 0.4) is 0 Å². The lowest BCUT2D eigenvalue weighted by molar-refractivity contribution is 0.242. The van der Waals surface area contributed by atoms with Gasteiger partial charge in [0, 0.05) is 70.2 Å². The smallest absolute Gasteiger partial charge is 0.225 e. The number of piperazine rings is 1. The number of ether oxygens (including phenoxy) is 2. The number of methoxy groups -OCH3 is 2. The minimum Gasteiger partial charge on any atom is -0.493 e.